The molecule has 28 heavy (non-hydrogen) atoms. The molecule has 0 saturated heterocycles. The fourth-order valence-corrected chi connectivity index (χ4v) is 2.74. The van der Waals surface area contributed by atoms with Gasteiger partial charge in [-0.3, -0.25) is 9.48 Å². The molecule has 0 aliphatic carbocycles. The van der Waals surface area contributed by atoms with Crippen molar-refractivity contribution < 1.29 is 18.3 Å². The molecule has 0 saturated carbocycles. The Labute approximate surface area is 161 Å². The molecular formula is C21H21F2N3O2. The van der Waals surface area contributed by atoms with Crippen LogP contribution >= 0.6 is 0 Å². The number of halogens is 2. The van der Waals surface area contributed by atoms with Crippen LogP contribution in [-0.4, -0.2) is 28.8 Å². The molecule has 0 fully saturated rings. The molecule has 0 aliphatic rings. The summed E-state index contributed by atoms with van der Waals surface area (Å²) in [5.41, 5.74) is 2.35. The summed E-state index contributed by atoms with van der Waals surface area (Å²) in [4.78, 5) is 12.3. The van der Waals surface area contributed by atoms with Crippen molar-refractivity contribution >= 4 is 5.91 Å². The maximum atomic E-state index is 13.5. The molecule has 146 valence electrons. The summed E-state index contributed by atoms with van der Waals surface area (Å²) in [6.45, 7) is 2.51. The number of carbonyl (C=O) groups is 1. The Morgan fingerprint density at radius 2 is 1.89 bits per heavy atom. The van der Waals surface area contributed by atoms with Crippen molar-refractivity contribution in [1.82, 2.24) is 15.1 Å². The Morgan fingerprint density at radius 1 is 1.14 bits per heavy atom. The fourth-order valence-electron chi connectivity index (χ4n) is 2.74. The van der Waals surface area contributed by atoms with Crippen molar-refractivity contribution in [1.29, 1.82) is 0 Å². The van der Waals surface area contributed by atoms with E-state index in [2.05, 4.69) is 10.4 Å². The van der Waals surface area contributed by atoms with Gasteiger partial charge in [-0.1, -0.05) is 0 Å². The van der Waals surface area contributed by atoms with Crippen LogP contribution < -0.4 is 10.1 Å². The second kappa shape index (κ2) is 8.65. The van der Waals surface area contributed by atoms with E-state index in [1.807, 2.05) is 0 Å². The Kier molecular flexibility index (Phi) is 6.03. The molecule has 1 aromatic heterocycles. The molecule has 1 amide bonds. The fraction of sp³-hybridized carbons (Fsp3) is 0.238. The lowest BCUT2D eigenvalue weighted by atomic mass is 10.1. The van der Waals surface area contributed by atoms with Crippen molar-refractivity contribution in [2.75, 3.05) is 13.2 Å². The van der Waals surface area contributed by atoms with E-state index in [1.165, 1.54) is 18.2 Å². The second-order valence-electron chi connectivity index (χ2n) is 6.41. The lowest BCUT2D eigenvalue weighted by Crippen LogP contribution is -2.26. The minimum Gasteiger partial charge on any atom is -0.494 e. The molecule has 0 spiro atoms. The van der Waals surface area contributed by atoms with Gasteiger partial charge in [0.25, 0.3) is 5.91 Å². The molecule has 3 aromatic rings. The van der Waals surface area contributed by atoms with E-state index in [0.29, 0.717) is 36.6 Å². The van der Waals surface area contributed by atoms with Crippen molar-refractivity contribution in [3.05, 3.63) is 71.4 Å². The Bertz CT molecular complexity index is 968. The maximum Gasteiger partial charge on any atom is 0.271 e. The summed E-state index contributed by atoms with van der Waals surface area (Å²) in [5.74, 6) is -0.295. The largest absolute Gasteiger partial charge is 0.494 e. The van der Waals surface area contributed by atoms with E-state index in [-0.39, 0.29) is 17.5 Å². The summed E-state index contributed by atoms with van der Waals surface area (Å²) < 4.78 is 33.4. The smallest absolute Gasteiger partial charge is 0.271 e. The van der Waals surface area contributed by atoms with E-state index in [0.717, 1.165) is 11.3 Å². The molecule has 0 unspecified atom stereocenters. The van der Waals surface area contributed by atoms with Gasteiger partial charge in [0.1, 0.15) is 17.4 Å². The second-order valence-corrected chi connectivity index (χ2v) is 6.41. The van der Waals surface area contributed by atoms with Crippen LogP contribution in [0.15, 0.2) is 48.5 Å². The summed E-state index contributed by atoms with van der Waals surface area (Å²) in [7, 11) is 1.74. The summed E-state index contributed by atoms with van der Waals surface area (Å²) in [5, 5.41) is 7.03. The van der Waals surface area contributed by atoms with Crippen LogP contribution in [0, 0.1) is 18.6 Å². The quantitative estimate of drug-likeness (QED) is 0.628. The summed E-state index contributed by atoms with van der Waals surface area (Å²) in [6, 6.07) is 12.2. The Balaban J connectivity index is 1.52. The molecule has 0 bridgehead atoms. The van der Waals surface area contributed by atoms with Crippen molar-refractivity contribution in [2.45, 2.75) is 13.3 Å². The highest BCUT2D eigenvalue weighted by Crippen LogP contribution is 2.22. The van der Waals surface area contributed by atoms with Gasteiger partial charge < -0.3 is 10.1 Å². The molecule has 0 atom stereocenters. The van der Waals surface area contributed by atoms with Gasteiger partial charge in [0.15, 0.2) is 5.69 Å². The van der Waals surface area contributed by atoms with E-state index in [4.69, 9.17) is 4.74 Å². The van der Waals surface area contributed by atoms with Gasteiger partial charge in [-0.25, -0.2) is 8.78 Å². The van der Waals surface area contributed by atoms with Gasteiger partial charge in [-0.2, -0.15) is 5.10 Å². The number of nitrogens with one attached hydrogen (secondary N) is 1. The Morgan fingerprint density at radius 3 is 2.61 bits per heavy atom. The zero-order valence-corrected chi connectivity index (χ0v) is 15.7. The number of rotatable bonds is 7. The predicted octanol–water partition coefficient (Wildman–Crippen LogP) is 3.87. The molecule has 2 aromatic carbocycles. The third-order valence-electron chi connectivity index (χ3n) is 4.26. The van der Waals surface area contributed by atoms with Gasteiger partial charge in [0.05, 0.1) is 12.3 Å². The van der Waals surface area contributed by atoms with Crippen molar-refractivity contribution in [2.24, 2.45) is 7.05 Å². The van der Waals surface area contributed by atoms with E-state index >= 15 is 0 Å². The highest BCUT2D eigenvalue weighted by molar-refractivity contribution is 5.93. The number of carbonyl (C=O) groups excluding carboxylic acids is 1. The van der Waals surface area contributed by atoms with E-state index in [9.17, 15) is 13.6 Å². The zero-order chi connectivity index (χ0) is 20.1. The Hall–Kier alpha value is -3.22. The number of nitrogens with zero attached hydrogens (tertiary/aromatic N) is 2. The number of hydrogen-bond donors (Lipinski definition) is 1. The zero-order valence-electron chi connectivity index (χ0n) is 15.7. The highest BCUT2D eigenvalue weighted by Gasteiger charge is 2.14. The van der Waals surface area contributed by atoms with Gasteiger partial charge in [-0.15, -0.1) is 0 Å². The van der Waals surface area contributed by atoms with Gasteiger partial charge in [0, 0.05) is 19.2 Å². The number of hydrogen-bond acceptors (Lipinski definition) is 3. The van der Waals surface area contributed by atoms with E-state index in [1.54, 1.807) is 49.0 Å². The van der Waals surface area contributed by atoms with E-state index < -0.39 is 0 Å². The third kappa shape index (κ3) is 4.73. The molecule has 1 heterocycles. The number of aromatic nitrogens is 2. The summed E-state index contributed by atoms with van der Waals surface area (Å²) >= 11 is 0. The predicted molar refractivity (Wildman–Crippen MR) is 102 cm³/mol. The number of benzene rings is 2. The minimum atomic E-state index is -0.315. The number of aryl methyl sites for hydroxylation is 2. The molecule has 3 rings (SSSR count). The SMILES string of the molecule is Cc1cc(-c2cc(C(=O)NCCCOc3ccc(F)cc3)nn2C)ccc1F. The lowest BCUT2D eigenvalue weighted by Gasteiger charge is -2.06. The lowest BCUT2D eigenvalue weighted by molar-refractivity contribution is 0.0946. The molecule has 0 aliphatic heterocycles. The summed E-state index contributed by atoms with van der Waals surface area (Å²) in [6.07, 6.45) is 0.597. The van der Waals surface area contributed by atoms with Crippen LogP contribution in [0.3, 0.4) is 0 Å². The van der Waals surface area contributed by atoms with Gasteiger partial charge in [0.2, 0.25) is 0 Å². The number of ether oxygens (including phenoxy) is 1. The molecule has 0 radical (unpaired) electrons. The number of amides is 1. The molecule has 5 nitrogen and oxygen atoms in total. The van der Waals surface area contributed by atoms with Gasteiger partial charge >= 0.3 is 0 Å². The van der Waals surface area contributed by atoms with Gasteiger partial charge in [-0.05, 0) is 67.4 Å². The van der Waals surface area contributed by atoms with Crippen LogP contribution in [0.5, 0.6) is 5.75 Å². The minimum absolute atomic E-state index is 0.272. The first-order valence-electron chi connectivity index (χ1n) is 8.91. The third-order valence-corrected chi connectivity index (χ3v) is 4.26. The standard InChI is InChI=1S/C21H21F2N3O2/c1-14-12-15(4-9-18(14)23)20-13-19(25-26(20)2)21(27)24-10-3-11-28-17-7-5-16(22)6-8-17/h4-9,12-13H,3,10-11H2,1-2H3,(H,24,27). The van der Waals surface area contributed by atoms with Crippen molar-refractivity contribution in [3.8, 4) is 17.0 Å². The maximum absolute atomic E-state index is 13.5. The van der Waals surface area contributed by atoms with Crippen molar-refractivity contribution in [3.63, 3.8) is 0 Å². The van der Waals surface area contributed by atoms with Crippen LogP contribution in [0.1, 0.15) is 22.5 Å². The highest BCUT2D eigenvalue weighted by atomic mass is 19.1. The average Bonchev–Trinajstić information content (AvgIpc) is 3.07. The molecule has 1 N–H and O–H groups in total. The molecular weight excluding hydrogens is 364 g/mol. The van der Waals surface area contributed by atoms with Crippen LogP contribution in [0.25, 0.3) is 11.3 Å². The first kappa shape index (κ1) is 19.5. The van der Waals surface area contributed by atoms with Crippen LogP contribution in [-0.2, 0) is 7.05 Å². The first-order valence-corrected chi connectivity index (χ1v) is 8.91. The average molecular weight is 385 g/mol. The normalized spacial score (nSPS) is 10.7. The first-order chi connectivity index (χ1) is 13.4. The molecule has 7 heteroatoms. The van der Waals surface area contributed by atoms with Crippen LogP contribution in [0.4, 0.5) is 8.78 Å². The topological polar surface area (TPSA) is 56.1 Å². The monoisotopic (exact) mass is 385 g/mol. The van der Waals surface area contributed by atoms with Crippen LogP contribution in [0.2, 0.25) is 0 Å².